The molecule has 1 aromatic rings. The van der Waals surface area contributed by atoms with Gasteiger partial charge >= 0.3 is 0 Å². The summed E-state index contributed by atoms with van der Waals surface area (Å²) in [6.45, 7) is 5.86. The summed E-state index contributed by atoms with van der Waals surface area (Å²) in [5.41, 5.74) is 6.88. The Labute approximate surface area is 127 Å². The average molecular weight is 289 g/mol. The van der Waals surface area contributed by atoms with E-state index in [1.807, 2.05) is 12.1 Å². The molecule has 1 aromatic carbocycles. The van der Waals surface area contributed by atoms with Gasteiger partial charge in [0.1, 0.15) is 0 Å². The van der Waals surface area contributed by atoms with Gasteiger partial charge in [-0.3, -0.25) is 4.79 Å². The van der Waals surface area contributed by atoms with Crippen LogP contribution in [0.4, 0.5) is 5.69 Å². The number of nitrogens with one attached hydrogen (secondary N) is 1. The van der Waals surface area contributed by atoms with Crippen LogP contribution in [0.2, 0.25) is 0 Å². The molecule has 1 aliphatic heterocycles. The van der Waals surface area contributed by atoms with Crippen LogP contribution in [0.5, 0.6) is 0 Å². The number of rotatable bonds is 7. The molecule has 0 unspecified atom stereocenters. The second-order valence-corrected chi connectivity index (χ2v) is 5.91. The summed E-state index contributed by atoms with van der Waals surface area (Å²) in [5, 5.41) is 3.56. The molecule has 2 rings (SSSR count). The first-order valence-electron chi connectivity index (χ1n) is 8.08. The van der Waals surface area contributed by atoms with E-state index >= 15 is 0 Å². The van der Waals surface area contributed by atoms with Crippen molar-refractivity contribution in [3.05, 3.63) is 29.8 Å². The second kappa shape index (κ2) is 8.03. The maximum Gasteiger partial charge on any atom is 0.248 e. The maximum absolute atomic E-state index is 11.0. The molecule has 1 saturated heterocycles. The predicted molar refractivity (Wildman–Crippen MR) is 87.6 cm³/mol. The molecule has 1 heterocycles. The van der Waals surface area contributed by atoms with E-state index in [1.54, 1.807) is 12.1 Å². The number of nitrogens with two attached hydrogens (primary N) is 1. The molecular weight excluding hydrogens is 262 g/mol. The van der Waals surface area contributed by atoms with Crippen LogP contribution < -0.4 is 11.1 Å². The fourth-order valence-corrected chi connectivity index (χ4v) is 2.85. The molecule has 0 spiro atoms. The molecule has 1 fully saturated rings. The molecule has 4 nitrogen and oxygen atoms in total. The van der Waals surface area contributed by atoms with E-state index < -0.39 is 0 Å². The van der Waals surface area contributed by atoms with Gasteiger partial charge in [-0.25, -0.2) is 0 Å². The Kier molecular flexibility index (Phi) is 6.05. The Hall–Kier alpha value is -1.55. The molecule has 0 saturated carbocycles. The highest BCUT2D eigenvalue weighted by Crippen LogP contribution is 2.17. The van der Waals surface area contributed by atoms with E-state index in [9.17, 15) is 4.79 Å². The number of unbranched alkanes of at least 4 members (excludes halogenated alkanes) is 2. The minimum absolute atomic E-state index is 0.373. The molecule has 1 aliphatic rings. The van der Waals surface area contributed by atoms with Gasteiger partial charge in [0.05, 0.1) is 0 Å². The predicted octanol–water partition coefficient (Wildman–Crippen LogP) is 2.85. The maximum atomic E-state index is 11.0. The van der Waals surface area contributed by atoms with Crippen molar-refractivity contribution in [1.29, 1.82) is 0 Å². The zero-order valence-corrected chi connectivity index (χ0v) is 13.0. The van der Waals surface area contributed by atoms with Crippen LogP contribution in [-0.4, -0.2) is 36.5 Å². The molecule has 21 heavy (non-hydrogen) atoms. The number of anilines is 1. The van der Waals surface area contributed by atoms with Crippen LogP contribution in [0.1, 0.15) is 49.4 Å². The van der Waals surface area contributed by atoms with Gasteiger partial charge in [-0.15, -0.1) is 0 Å². The van der Waals surface area contributed by atoms with E-state index in [-0.39, 0.29) is 5.91 Å². The molecule has 0 bridgehead atoms. The number of nitrogens with zero attached hydrogens (tertiary/aromatic N) is 1. The van der Waals surface area contributed by atoms with Gasteiger partial charge < -0.3 is 16.0 Å². The fourth-order valence-electron chi connectivity index (χ4n) is 2.85. The lowest BCUT2D eigenvalue weighted by atomic mass is 10.0. The minimum atomic E-state index is -0.373. The SMILES string of the molecule is CCCCCN1CCC(Nc2ccc(C(N)=O)cc2)CC1. The number of carbonyl (C=O) groups excluding carboxylic acids is 1. The quantitative estimate of drug-likeness (QED) is 0.759. The monoisotopic (exact) mass is 289 g/mol. The Morgan fingerprint density at radius 2 is 1.90 bits per heavy atom. The van der Waals surface area contributed by atoms with Gasteiger partial charge in [-0.1, -0.05) is 19.8 Å². The summed E-state index contributed by atoms with van der Waals surface area (Å²) in [5.74, 6) is -0.373. The van der Waals surface area contributed by atoms with Crippen LogP contribution in [0, 0.1) is 0 Å². The Bertz CT molecular complexity index is 436. The summed E-state index contributed by atoms with van der Waals surface area (Å²) in [4.78, 5) is 13.6. The lowest BCUT2D eigenvalue weighted by molar-refractivity contribution is 0.100. The third kappa shape index (κ3) is 5.05. The van der Waals surface area contributed by atoms with Crippen LogP contribution in [0.3, 0.4) is 0 Å². The standard InChI is InChI=1S/C17H27N3O/c1-2-3-4-11-20-12-9-16(10-13-20)19-15-7-5-14(6-8-15)17(18)21/h5-8,16,19H,2-4,9-13H2,1H3,(H2,18,21). The molecule has 0 radical (unpaired) electrons. The summed E-state index contributed by atoms with van der Waals surface area (Å²) < 4.78 is 0. The Morgan fingerprint density at radius 1 is 1.24 bits per heavy atom. The lowest BCUT2D eigenvalue weighted by Crippen LogP contribution is -2.39. The highest BCUT2D eigenvalue weighted by Gasteiger charge is 2.18. The van der Waals surface area contributed by atoms with Crippen molar-refractivity contribution in [2.24, 2.45) is 5.73 Å². The normalized spacial score (nSPS) is 16.8. The summed E-state index contributed by atoms with van der Waals surface area (Å²) in [7, 11) is 0. The van der Waals surface area contributed by atoms with Gasteiger partial charge in [-0.2, -0.15) is 0 Å². The number of piperidine rings is 1. The topological polar surface area (TPSA) is 58.4 Å². The third-order valence-corrected chi connectivity index (χ3v) is 4.21. The van der Waals surface area contributed by atoms with Crippen molar-refractivity contribution in [1.82, 2.24) is 4.90 Å². The van der Waals surface area contributed by atoms with Gasteiger partial charge in [0.15, 0.2) is 0 Å². The number of hydrogen-bond donors (Lipinski definition) is 2. The summed E-state index contributed by atoms with van der Waals surface area (Å²) in [6.07, 6.45) is 6.32. The van der Waals surface area contributed by atoms with Crippen molar-refractivity contribution in [3.63, 3.8) is 0 Å². The first kappa shape index (κ1) is 15.8. The number of primary amides is 1. The van der Waals surface area contributed by atoms with E-state index in [1.165, 1.54) is 51.7 Å². The van der Waals surface area contributed by atoms with Crippen molar-refractivity contribution < 1.29 is 4.79 Å². The molecule has 1 amide bonds. The fraction of sp³-hybridized carbons (Fsp3) is 0.588. The highest BCUT2D eigenvalue weighted by molar-refractivity contribution is 5.93. The zero-order valence-electron chi connectivity index (χ0n) is 13.0. The molecular formula is C17H27N3O. The number of carbonyl (C=O) groups is 1. The second-order valence-electron chi connectivity index (χ2n) is 5.91. The average Bonchev–Trinajstić information content (AvgIpc) is 2.50. The Balaban J connectivity index is 1.74. The molecule has 0 aromatic heterocycles. The van der Waals surface area contributed by atoms with Crippen LogP contribution in [-0.2, 0) is 0 Å². The zero-order chi connectivity index (χ0) is 15.1. The largest absolute Gasteiger partial charge is 0.382 e. The smallest absolute Gasteiger partial charge is 0.248 e. The highest BCUT2D eigenvalue weighted by atomic mass is 16.1. The van der Waals surface area contributed by atoms with Crippen molar-refractivity contribution in [2.75, 3.05) is 25.0 Å². The van der Waals surface area contributed by atoms with E-state index in [0.29, 0.717) is 11.6 Å². The summed E-state index contributed by atoms with van der Waals surface area (Å²) >= 11 is 0. The van der Waals surface area contributed by atoms with Crippen molar-refractivity contribution in [2.45, 2.75) is 45.1 Å². The first-order chi connectivity index (χ1) is 10.2. The van der Waals surface area contributed by atoms with Crippen LogP contribution in [0.15, 0.2) is 24.3 Å². The Morgan fingerprint density at radius 3 is 2.48 bits per heavy atom. The van der Waals surface area contributed by atoms with E-state index in [0.717, 1.165) is 5.69 Å². The van der Waals surface area contributed by atoms with Gasteiger partial charge in [0.2, 0.25) is 5.91 Å². The van der Waals surface area contributed by atoms with Crippen LogP contribution in [0.25, 0.3) is 0 Å². The third-order valence-electron chi connectivity index (χ3n) is 4.21. The van der Waals surface area contributed by atoms with Crippen molar-refractivity contribution in [3.8, 4) is 0 Å². The molecule has 116 valence electrons. The first-order valence-corrected chi connectivity index (χ1v) is 8.08. The number of amides is 1. The molecule has 0 aliphatic carbocycles. The minimum Gasteiger partial charge on any atom is -0.382 e. The van der Waals surface area contributed by atoms with E-state index in [4.69, 9.17) is 5.73 Å². The molecule has 0 atom stereocenters. The van der Waals surface area contributed by atoms with E-state index in [2.05, 4.69) is 17.1 Å². The number of likely N-dealkylation sites (tertiary alicyclic amines) is 1. The van der Waals surface area contributed by atoms with Crippen LogP contribution >= 0.6 is 0 Å². The van der Waals surface area contributed by atoms with Gasteiger partial charge in [-0.05, 0) is 50.1 Å². The number of benzene rings is 1. The molecule has 4 heteroatoms. The van der Waals surface area contributed by atoms with Crippen molar-refractivity contribution >= 4 is 11.6 Å². The lowest BCUT2D eigenvalue weighted by Gasteiger charge is -2.32. The van der Waals surface area contributed by atoms with Gasteiger partial charge in [0, 0.05) is 30.4 Å². The van der Waals surface area contributed by atoms with Gasteiger partial charge in [0.25, 0.3) is 0 Å². The summed E-state index contributed by atoms with van der Waals surface area (Å²) in [6, 6.07) is 7.98. The number of hydrogen-bond acceptors (Lipinski definition) is 3. The molecule has 3 N–H and O–H groups in total.